The van der Waals surface area contributed by atoms with Crippen molar-refractivity contribution >= 4 is 5.97 Å². The molecule has 0 saturated carbocycles. The van der Waals surface area contributed by atoms with E-state index in [4.69, 9.17) is 5.11 Å². The topological polar surface area (TPSA) is 58.6 Å². The van der Waals surface area contributed by atoms with Gasteiger partial charge in [-0.05, 0) is 19.3 Å². The molecule has 0 rings (SSSR count). The van der Waals surface area contributed by atoms with Gasteiger partial charge < -0.3 is 15.2 Å². The monoisotopic (exact) mass is 217 g/mol. The first-order valence-electron chi connectivity index (χ1n) is 5.45. The van der Waals surface area contributed by atoms with Crippen LogP contribution in [0.25, 0.3) is 0 Å². The SMILES string of the molecule is COC(=O)CC(C)NC(CCO)C(C)C. The molecule has 0 radical (unpaired) electrons. The zero-order chi connectivity index (χ0) is 11.8. The molecule has 0 aliphatic heterocycles. The van der Waals surface area contributed by atoms with Gasteiger partial charge in [-0.25, -0.2) is 0 Å². The molecule has 4 nitrogen and oxygen atoms in total. The van der Waals surface area contributed by atoms with E-state index in [2.05, 4.69) is 23.9 Å². The lowest BCUT2D eigenvalue weighted by Crippen LogP contribution is -2.41. The Kier molecular flexibility index (Phi) is 7.34. The first-order chi connectivity index (χ1) is 7.01. The molecule has 0 aromatic rings. The molecule has 2 atom stereocenters. The molecule has 0 aromatic carbocycles. The van der Waals surface area contributed by atoms with Crippen molar-refractivity contribution in [1.82, 2.24) is 5.32 Å². The van der Waals surface area contributed by atoms with Gasteiger partial charge in [0.2, 0.25) is 0 Å². The Labute approximate surface area is 92.0 Å². The minimum atomic E-state index is -0.207. The number of hydrogen-bond acceptors (Lipinski definition) is 4. The van der Waals surface area contributed by atoms with E-state index in [9.17, 15) is 4.79 Å². The van der Waals surface area contributed by atoms with E-state index in [1.54, 1.807) is 0 Å². The van der Waals surface area contributed by atoms with Crippen molar-refractivity contribution in [3.63, 3.8) is 0 Å². The predicted octanol–water partition coefficient (Wildman–Crippen LogP) is 0.935. The van der Waals surface area contributed by atoms with Crippen molar-refractivity contribution in [1.29, 1.82) is 0 Å². The van der Waals surface area contributed by atoms with Gasteiger partial charge in [-0.1, -0.05) is 13.8 Å². The largest absolute Gasteiger partial charge is 0.469 e. The maximum absolute atomic E-state index is 11.0. The smallest absolute Gasteiger partial charge is 0.307 e. The molecule has 0 fully saturated rings. The normalized spacial score (nSPS) is 15.1. The highest BCUT2D eigenvalue weighted by atomic mass is 16.5. The highest BCUT2D eigenvalue weighted by molar-refractivity contribution is 5.69. The van der Waals surface area contributed by atoms with Crippen molar-refractivity contribution in [3.8, 4) is 0 Å². The Hall–Kier alpha value is -0.610. The Balaban J connectivity index is 3.98. The maximum Gasteiger partial charge on any atom is 0.307 e. The van der Waals surface area contributed by atoms with Crippen LogP contribution in [0.5, 0.6) is 0 Å². The number of aliphatic hydroxyl groups excluding tert-OH is 1. The summed E-state index contributed by atoms with van der Waals surface area (Å²) in [6.45, 7) is 6.31. The van der Waals surface area contributed by atoms with Crippen LogP contribution in [0.4, 0.5) is 0 Å². The summed E-state index contributed by atoms with van der Waals surface area (Å²) in [6.07, 6.45) is 1.08. The van der Waals surface area contributed by atoms with Crippen LogP contribution in [0.2, 0.25) is 0 Å². The summed E-state index contributed by atoms with van der Waals surface area (Å²) in [6, 6.07) is 0.325. The minimum absolute atomic E-state index is 0.0800. The number of methoxy groups -OCH3 is 1. The van der Waals surface area contributed by atoms with Crippen LogP contribution in [0.1, 0.15) is 33.6 Å². The van der Waals surface area contributed by atoms with E-state index in [0.29, 0.717) is 18.8 Å². The van der Waals surface area contributed by atoms with Gasteiger partial charge in [-0.15, -0.1) is 0 Å². The number of ether oxygens (including phenoxy) is 1. The van der Waals surface area contributed by atoms with Crippen molar-refractivity contribution in [3.05, 3.63) is 0 Å². The number of hydrogen-bond donors (Lipinski definition) is 2. The van der Waals surface area contributed by atoms with E-state index in [1.807, 2.05) is 6.92 Å². The van der Waals surface area contributed by atoms with Crippen molar-refractivity contribution in [2.24, 2.45) is 5.92 Å². The lowest BCUT2D eigenvalue weighted by molar-refractivity contribution is -0.141. The second kappa shape index (κ2) is 7.65. The highest BCUT2D eigenvalue weighted by Crippen LogP contribution is 2.08. The summed E-state index contributed by atoms with van der Waals surface area (Å²) < 4.78 is 4.59. The molecule has 2 unspecified atom stereocenters. The zero-order valence-corrected chi connectivity index (χ0v) is 10.1. The van der Waals surface area contributed by atoms with E-state index in [0.717, 1.165) is 0 Å². The average Bonchev–Trinajstić information content (AvgIpc) is 2.16. The summed E-state index contributed by atoms with van der Waals surface area (Å²) in [5.41, 5.74) is 0. The molecule has 4 heteroatoms. The molecule has 0 spiro atoms. The van der Waals surface area contributed by atoms with Gasteiger partial charge in [0.15, 0.2) is 0 Å². The molecular weight excluding hydrogens is 194 g/mol. The summed E-state index contributed by atoms with van der Waals surface area (Å²) in [5, 5.41) is 12.2. The van der Waals surface area contributed by atoms with Gasteiger partial charge in [0.25, 0.3) is 0 Å². The number of aliphatic hydroxyl groups is 1. The molecule has 0 aliphatic carbocycles. The minimum Gasteiger partial charge on any atom is -0.469 e. The van der Waals surface area contributed by atoms with Crippen LogP contribution >= 0.6 is 0 Å². The fourth-order valence-electron chi connectivity index (χ4n) is 1.51. The van der Waals surface area contributed by atoms with Crippen LogP contribution in [0, 0.1) is 5.92 Å². The lowest BCUT2D eigenvalue weighted by Gasteiger charge is -2.25. The predicted molar refractivity (Wildman–Crippen MR) is 59.6 cm³/mol. The van der Waals surface area contributed by atoms with Crippen LogP contribution in [0.15, 0.2) is 0 Å². The van der Waals surface area contributed by atoms with Crippen molar-refractivity contribution in [2.45, 2.75) is 45.7 Å². The van der Waals surface area contributed by atoms with Gasteiger partial charge in [-0.3, -0.25) is 4.79 Å². The Bertz CT molecular complexity index is 183. The molecule has 0 aliphatic rings. The molecular formula is C11H23NO3. The first kappa shape index (κ1) is 14.4. The number of carbonyl (C=O) groups is 1. The van der Waals surface area contributed by atoms with Gasteiger partial charge in [0.1, 0.15) is 0 Å². The molecule has 90 valence electrons. The van der Waals surface area contributed by atoms with Gasteiger partial charge >= 0.3 is 5.97 Å². The molecule has 15 heavy (non-hydrogen) atoms. The van der Waals surface area contributed by atoms with E-state index in [-0.39, 0.29) is 24.7 Å². The number of rotatable bonds is 7. The summed E-state index contributed by atoms with van der Waals surface area (Å²) in [4.78, 5) is 11.0. The fourth-order valence-corrected chi connectivity index (χ4v) is 1.51. The number of nitrogens with one attached hydrogen (secondary N) is 1. The van der Waals surface area contributed by atoms with Gasteiger partial charge in [0.05, 0.1) is 13.5 Å². The molecule has 0 saturated heterocycles. The van der Waals surface area contributed by atoms with E-state index >= 15 is 0 Å². The third-order valence-electron chi connectivity index (χ3n) is 2.44. The van der Waals surface area contributed by atoms with Gasteiger partial charge in [0, 0.05) is 18.7 Å². The number of carbonyl (C=O) groups excluding carboxylic acids is 1. The molecule has 0 aromatic heterocycles. The summed E-state index contributed by atoms with van der Waals surface area (Å²) in [5.74, 6) is 0.235. The van der Waals surface area contributed by atoms with Gasteiger partial charge in [-0.2, -0.15) is 0 Å². The summed E-state index contributed by atoms with van der Waals surface area (Å²) in [7, 11) is 1.39. The van der Waals surface area contributed by atoms with Crippen molar-refractivity contribution in [2.75, 3.05) is 13.7 Å². The molecule has 0 amide bonds. The van der Waals surface area contributed by atoms with Crippen LogP contribution in [0.3, 0.4) is 0 Å². The van der Waals surface area contributed by atoms with Crippen molar-refractivity contribution < 1.29 is 14.6 Å². The average molecular weight is 217 g/mol. The fraction of sp³-hybridized carbons (Fsp3) is 0.909. The Morgan fingerprint density at radius 3 is 2.40 bits per heavy atom. The third kappa shape index (κ3) is 6.47. The van der Waals surface area contributed by atoms with Crippen LogP contribution < -0.4 is 5.32 Å². The second-order valence-corrected chi connectivity index (χ2v) is 4.21. The summed E-state index contributed by atoms with van der Waals surface area (Å²) >= 11 is 0. The van der Waals surface area contributed by atoms with Crippen LogP contribution in [-0.4, -0.2) is 36.9 Å². The molecule has 0 bridgehead atoms. The number of esters is 1. The molecule has 2 N–H and O–H groups in total. The standard InChI is InChI=1S/C11H23NO3/c1-8(2)10(5-6-13)12-9(3)7-11(14)15-4/h8-10,12-13H,5-7H2,1-4H3. The highest BCUT2D eigenvalue weighted by Gasteiger charge is 2.17. The zero-order valence-electron chi connectivity index (χ0n) is 10.1. The Morgan fingerprint density at radius 2 is 2.00 bits per heavy atom. The van der Waals surface area contributed by atoms with E-state index < -0.39 is 0 Å². The first-order valence-corrected chi connectivity index (χ1v) is 5.45. The van der Waals surface area contributed by atoms with E-state index in [1.165, 1.54) is 7.11 Å². The molecule has 0 heterocycles. The Morgan fingerprint density at radius 1 is 1.40 bits per heavy atom. The third-order valence-corrected chi connectivity index (χ3v) is 2.44. The van der Waals surface area contributed by atoms with Crippen LogP contribution in [-0.2, 0) is 9.53 Å². The second-order valence-electron chi connectivity index (χ2n) is 4.21. The quantitative estimate of drug-likeness (QED) is 0.623. The maximum atomic E-state index is 11.0. The lowest BCUT2D eigenvalue weighted by atomic mass is 10.00.